The van der Waals surface area contributed by atoms with E-state index >= 15 is 0 Å². The highest BCUT2D eigenvalue weighted by Gasteiger charge is 2.51. The van der Waals surface area contributed by atoms with Crippen molar-refractivity contribution in [2.75, 3.05) is 13.2 Å². The first-order valence-corrected chi connectivity index (χ1v) is 10.2. The number of hydrogen-bond acceptors (Lipinski definition) is 13. The number of ether oxygens (including phenoxy) is 4. The second-order valence-electron chi connectivity index (χ2n) is 7.49. The molecule has 14 nitrogen and oxygen atoms in total. The number of non-ortho nitro benzene ring substituents is 1. The van der Waals surface area contributed by atoms with Crippen LogP contribution in [0.1, 0.15) is 0 Å². The summed E-state index contributed by atoms with van der Waals surface area (Å²) in [6.45, 7) is -1.47. The van der Waals surface area contributed by atoms with Gasteiger partial charge in [0, 0.05) is 12.1 Å². The fraction of sp³-hybridized carbons (Fsp3) is 0.667. The van der Waals surface area contributed by atoms with Crippen molar-refractivity contribution in [2.24, 2.45) is 0 Å². The minimum Gasteiger partial charge on any atom is -0.460 e. The number of hydrogen-bond donors (Lipinski definition) is 7. The van der Waals surface area contributed by atoms with Crippen LogP contribution in [0.25, 0.3) is 0 Å². The molecule has 2 heterocycles. The molecular formula is C18H24ClNO13. The van der Waals surface area contributed by atoms with Crippen LogP contribution in [-0.4, -0.2) is 115 Å². The molecule has 2 aliphatic rings. The summed E-state index contributed by atoms with van der Waals surface area (Å²) in [4.78, 5) is 10.2. The molecule has 1 aromatic carbocycles. The number of rotatable bonds is 7. The van der Waals surface area contributed by atoms with Crippen LogP contribution in [0, 0.1) is 10.1 Å². The summed E-state index contributed by atoms with van der Waals surface area (Å²) < 4.78 is 21.5. The monoisotopic (exact) mass is 497 g/mol. The van der Waals surface area contributed by atoms with E-state index in [0.29, 0.717) is 0 Å². The molecule has 186 valence electrons. The van der Waals surface area contributed by atoms with Gasteiger partial charge in [-0.15, -0.1) is 0 Å². The SMILES string of the molecule is O=[N+]([O-])c1ccc(O[C@H]2O[C@H](CO)[C@@H](O[C@H]3O[C@H](CO)[C@@H](O)[C@H](O)[C@H]3O)[C@H](O)[C@H]2O)c(Cl)c1. The molecule has 7 N–H and O–H groups in total. The standard InChI is InChI=1S/C18H24ClNO13/c19-7-3-6(20(28)29)1-2-8(7)30-17-15(27)13(25)16(10(5-22)32-17)33-18-14(26)12(24)11(23)9(4-21)31-18/h1-3,9-18,21-27H,4-5H2/t9-,10-,11-,12+,13-,14-,15-,16-,17+,18-/m1/s1. The van der Waals surface area contributed by atoms with Crippen LogP contribution >= 0.6 is 11.6 Å². The maximum absolute atomic E-state index is 10.8. The van der Waals surface area contributed by atoms with E-state index in [1.54, 1.807) is 0 Å². The van der Waals surface area contributed by atoms with Gasteiger partial charge < -0.3 is 54.7 Å². The van der Waals surface area contributed by atoms with Gasteiger partial charge in [-0.2, -0.15) is 0 Å². The molecule has 0 aromatic heterocycles. The molecule has 0 spiro atoms. The van der Waals surface area contributed by atoms with Crippen molar-refractivity contribution in [1.29, 1.82) is 0 Å². The summed E-state index contributed by atoms with van der Waals surface area (Å²) >= 11 is 5.96. The van der Waals surface area contributed by atoms with E-state index < -0.39 is 79.5 Å². The summed E-state index contributed by atoms with van der Waals surface area (Å²) in [5.41, 5.74) is -0.307. The predicted octanol–water partition coefficient (Wildman–Crippen LogP) is -2.75. The van der Waals surface area contributed by atoms with E-state index in [2.05, 4.69) is 0 Å². The van der Waals surface area contributed by atoms with Crippen LogP contribution in [-0.2, 0) is 14.2 Å². The lowest BCUT2D eigenvalue weighted by molar-refractivity contribution is -0.384. The molecule has 0 aliphatic carbocycles. The fourth-order valence-corrected chi connectivity index (χ4v) is 3.70. The predicted molar refractivity (Wildman–Crippen MR) is 105 cm³/mol. The van der Waals surface area contributed by atoms with Crippen LogP contribution in [0.15, 0.2) is 18.2 Å². The number of nitrogens with zero attached hydrogens (tertiary/aromatic N) is 1. The molecule has 1 aromatic rings. The topological polar surface area (TPSA) is 222 Å². The maximum Gasteiger partial charge on any atom is 0.271 e. The van der Waals surface area contributed by atoms with Crippen molar-refractivity contribution in [2.45, 2.75) is 61.4 Å². The molecule has 0 unspecified atom stereocenters. The first kappa shape index (κ1) is 25.9. The lowest BCUT2D eigenvalue weighted by Crippen LogP contribution is -2.65. The van der Waals surface area contributed by atoms with Gasteiger partial charge in [0.25, 0.3) is 5.69 Å². The molecule has 0 bridgehead atoms. The Morgan fingerprint density at radius 3 is 2.09 bits per heavy atom. The second-order valence-corrected chi connectivity index (χ2v) is 7.90. The Labute approximate surface area is 191 Å². The number of aliphatic hydroxyl groups is 7. The normalized spacial score (nSPS) is 39.3. The van der Waals surface area contributed by atoms with Crippen molar-refractivity contribution >= 4 is 17.3 Å². The number of benzene rings is 1. The average molecular weight is 498 g/mol. The Balaban J connectivity index is 1.73. The number of halogens is 1. The molecule has 2 saturated heterocycles. The Morgan fingerprint density at radius 1 is 0.909 bits per heavy atom. The van der Waals surface area contributed by atoms with Crippen molar-refractivity contribution < 1.29 is 59.6 Å². The van der Waals surface area contributed by atoms with Crippen molar-refractivity contribution in [3.8, 4) is 5.75 Å². The first-order valence-electron chi connectivity index (χ1n) is 9.78. The van der Waals surface area contributed by atoms with Crippen molar-refractivity contribution in [1.82, 2.24) is 0 Å². The summed E-state index contributed by atoms with van der Waals surface area (Å²) in [6.07, 6.45) is -16.1. The third kappa shape index (κ3) is 5.36. The van der Waals surface area contributed by atoms with Gasteiger partial charge >= 0.3 is 0 Å². The zero-order valence-electron chi connectivity index (χ0n) is 16.8. The van der Waals surface area contributed by atoms with Gasteiger partial charge in [0.2, 0.25) is 6.29 Å². The van der Waals surface area contributed by atoms with Crippen LogP contribution in [0.3, 0.4) is 0 Å². The molecule has 33 heavy (non-hydrogen) atoms. The summed E-state index contributed by atoms with van der Waals surface area (Å²) in [5, 5.41) is 80.5. The summed E-state index contributed by atoms with van der Waals surface area (Å²) in [7, 11) is 0. The fourth-order valence-electron chi connectivity index (χ4n) is 3.48. The third-order valence-corrected chi connectivity index (χ3v) is 5.63. The third-order valence-electron chi connectivity index (χ3n) is 5.33. The van der Waals surface area contributed by atoms with Gasteiger partial charge in [-0.25, -0.2) is 0 Å². The number of aliphatic hydroxyl groups excluding tert-OH is 7. The lowest BCUT2D eigenvalue weighted by atomic mass is 9.97. The van der Waals surface area contributed by atoms with E-state index in [4.69, 9.17) is 30.5 Å². The zero-order valence-corrected chi connectivity index (χ0v) is 17.6. The van der Waals surface area contributed by atoms with E-state index in [0.717, 1.165) is 18.2 Å². The lowest BCUT2D eigenvalue weighted by Gasteiger charge is -2.45. The zero-order chi connectivity index (χ0) is 24.4. The molecule has 3 rings (SSSR count). The first-order chi connectivity index (χ1) is 15.6. The molecular weight excluding hydrogens is 474 g/mol. The van der Waals surface area contributed by atoms with Crippen LogP contribution in [0.2, 0.25) is 5.02 Å². The Hall–Kier alpha value is -1.69. The molecule has 15 heteroatoms. The van der Waals surface area contributed by atoms with E-state index in [-0.39, 0.29) is 16.5 Å². The molecule has 2 aliphatic heterocycles. The maximum atomic E-state index is 10.8. The van der Waals surface area contributed by atoms with Crippen molar-refractivity contribution in [3.63, 3.8) is 0 Å². The van der Waals surface area contributed by atoms with Gasteiger partial charge in [-0.1, -0.05) is 11.6 Å². The number of nitro groups is 1. The Bertz CT molecular complexity index is 827. The molecule has 0 saturated carbocycles. The van der Waals surface area contributed by atoms with Crippen LogP contribution < -0.4 is 4.74 Å². The van der Waals surface area contributed by atoms with E-state index in [9.17, 15) is 45.9 Å². The quantitative estimate of drug-likeness (QED) is 0.150. The highest BCUT2D eigenvalue weighted by Crippen LogP contribution is 2.33. The molecule has 2 fully saturated rings. The molecule has 0 amide bonds. The van der Waals surface area contributed by atoms with Crippen LogP contribution in [0.4, 0.5) is 5.69 Å². The average Bonchev–Trinajstić information content (AvgIpc) is 2.79. The van der Waals surface area contributed by atoms with E-state index in [1.807, 2.05) is 0 Å². The van der Waals surface area contributed by atoms with E-state index in [1.165, 1.54) is 0 Å². The van der Waals surface area contributed by atoms with Gasteiger partial charge in [0.05, 0.1) is 23.2 Å². The summed E-state index contributed by atoms with van der Waals surface area (Å²) in [5.74, 6) is -0.108. The smallest absolute Gasteiger partial charge is 0.271 e. The second kappa shape index (κ2) is 10.7. The summed E-state index contributed by atoms with van der Waals surface area (Å²) in [6, 6.07) is 3.27. The minimum atomic E-state index is -1.79. The minimum absolute atomic E-state index is 0.108. The van der Waals surface area contributed by atoms with Gasteiger partial charge in [0.1, 0.15) is 54.6 Å². The van der Waals surface area contributed by atoms with Crippen LogP contribution in [0.5, 0.6) is 5.75 Å². The van der Waals surface area contributed by atoms with Gasteiger partial charge in [0.15, 0.2) is 6.29 Å². The molecule has 0 radical (unpaired) electrons. The molecule has 10 atom stereocenters. The van der Waals surface area contributed by atoms with Gasteiger partial charge in [-0.05, 0) is 6.07 Å². The Kier molecular flexibility index (Phi) is 8.41. The Morgan fingerprint density at radius 2 is 1.52 bits per heavy atom. The highest BCUT2D eigenvalue weighted by molar-refractivity contribution is 6.32. The highest BCUT2D eigenvalue weighted by atomic mass is 35.5. The largest absolute Gasteiger partial charge is 0.460 e. The number of nitro benzene ring substituents is 1. The van der Waals surface area contributed by atoms with Gasteiger partial charge in [-0.3, -0.25) is 10.1 Å². The van der Waals surface area contributed by atoms with Crippen molar-refractivity contribution in [3.05, 3.63) is 33.3 Å².